The number of amidine groups is 1. The van der Waals surface area contributed by atoms with Gasteiger partial charge in [0.15, 0.2) is 5.17 Å². The Balaban J connectivity index is 1.67. The van der Waals surface area contributed by atoms with E-state index >= 15 is 0 Å². The molecule has 1 aliphatic rings. The second kappa shape index (κ2) is 9.25. The van der Waals surface area contributed by atoms with Crippen LogP contribution in [0.1, 0.15) is 13.3 Å². The Morgan fingerprint density at radius 1 is 1.21 bits per heavy atom. The number of carbonyl (C=O) groups is 2. The molecule has 1 aliphatic heterocycles. The van der Waals surface area contributed by atoms with Crippen LogP contribution in [0.5, 0.6) is 5.75 Å². The van der Waals surface area contributed by atoms with Crippen molar-refractivity contribution < 1.29 is 14.3 Å². The third-order valence-electron chi connectivity index (χ3n) is 4.06. The van der Waals surface area contributed by atoms with Gasteiger partial charge in [-0.25, -0.2) is 4.90 Å². The zero-order valence-corrected chi connectivity index (χ0v) is 17.9. The van der Waals surface area contributed by atoms with E-state index in [-0.39, 0.29) is 18.2 Å². The predicted octanol–water partition coefficient (Wildman–Crippen LogP) is 4.31. The molecule has 28 heavy (non-hydrogen) atoms. The van der Waals surface area contributed by atoms with Crippen LogP contribution in [0.15, 0.2) is 58.0 Å². The summed E-state index contributed by atoms with van der Waals surface area (Å²) in [6.07, 6.45) is 0.142. The Morgan fingerprint density at radius 3 is 2.50 bits per heavy atom. The van der Waals surface area contributed by atoms with E-state index in [1.165, 1.54) is 16.7 Å². The fourth-order valence-electron chi connectivity index (χ4n) is 2.76. The highest BCUT2D eigenvalue weighted by Crippen LogP contribution is 2.31. The quantitative estimate of drug-likeness (QED) is 0.408. The Hall–Kier alpha value is -2.32. The molecule has 0 bridgehead atoms. The second-order valence-corrected chi connectivity index (χ2v) is 8.07. The average molecular weight is 462 g/mol. The number of amides is 2. The van der Waals surface area contributed by atoms with Gasteiger partial charge in [-0.05, 0) is 55.5 Å². The first-order valence-electron chi connectivity index (χ1n) is 8.77. The van der Waals surface area contributed by atoms with E-state index in [0.717, 1.165) is 15.9 Å². The molecule has 1 atom stereocenters. The maximum absolute atomic E-state index is 12.8. The van der Waals surface area contributed by atoms with Crippen molar-refractivity contribution in [2.24, 2.45) is 4.99 Å². The van der Waals surface area contributed by atoms with Crippen molar-refractivity contribution in [1.82, 2.24) is 0 Å². The van der Waals surface area contributed by atoms with Gasteiger partial charge in [0, 0.05) is 23.6 Å². The molecule has 1 N–H and O–H groups in total. The van der Waals surface area contributed by atoms with Gasteiger partial charge in [0.2, 0.25) is 11.8 Å². The van der Waals surface area contributed by atoms with Gasteiger partial charge in [-0.15, -0.1) is 0 Å². The Kier molecular flexibility index (Phi) is 6.74. The number of rotatable bonds is 5. The van der Waals surface area contributed by atoms with Gasteiger partial charge in [-0.1, -0.05) is 27.7 Å². The molecule has 0 aromatic heterocycles. The predicted molar refractivity (Wildman–Crippen MR) is 117 cm³/mol. The fraction of sp³-hybridized carbons (Fsp3) is 0.250. The van der Waals surface area contributed by atoms with Crippen LogP contribution in [0.25, 0.3) is 0 Å². The van der Waals surface area contributed by atoms with Crippen LogP contribution < -0.4 is 15.0 Å². The summed E-state index contributed by atoms with van der Waals surface area (Å²) in [7, 11) is 1.65. The van der Waals surface area contributed by atoms with E-state index in [0.29, 0.717) is 17.5 Å². The number of hydrogen-bond acceptors (Lipinski definition) is 5. The van der Waals surface area contributed by atoms with Crippen LogP contribution >= 0.6 is 27.7 Å². The lowest BCUT2D eigenvalue weighted by atomic mass is 10.3. The summed E-state index contributed by atoms with van der Waals surface area (Å²) in [5.41, 5.74) is 1.41. The fourth-order valence-corrected chi connectivity index (χ4v) is 4.00. The highest BCUT2D eigenvalue weighted by molar-refractivity contribution is 9.10. The molecule has 2 aromatic rings. The van der Waals surface area contributed by atoms with Gasteiger partial charge < -0.3 is 10.1 Å². The normalized spacial score (nSPS) is 17.2. The molecule has 2 aromatic carbocycles. The highest BCUT2D eigenvalue weighted by atomic mass is 79.9. The van der Waals surface area contributed by atoms with Crippen LogP contribution in [0.2, 0.25) is 0 Å². The number of thioether (sulfide) groups is 1. The van der Waals surface area contributed by atoms with Gasteiger partial charge in [0.25, 0.3) is 0 Å². The third kappa shape index (κ3) is 4.74. The van der Waals surface area contributed by atoms with Gasteiger partial charge in [0.1, 0.15) is 11.0 Å². The first-order valence-corrected chi connectivity index (χ1v) is 10.4. The van der Waals surface area contributed by atoms with Crippen LogP contribution in [-0.2, 0) is 9.59 Å². The number of halogens is 1. The largest absolute Gasteiger partial charge is 0.494 e. The van der Waals surface area contributed by atoms with Crippen molar-refractivity contribution in [1.29, 1.82) is 0 Å². The standard InChI is InChI=1S/C20H20BrN3O3S/c1-3-27-16-10-6-14(7-11-16)23-20(22-2)28-17-12-18(25)24(19(17)26)15-8-4-13(21)5-9-15/h4-11,17H,3,12H2,1-2H3,(H,22,23)/t17-/m0/s1. The van der Waals surface area contributed by atoms with Gasteiger partial charge in [-0.3, -0.25) is 14.6 Å². The summed E-state index contributed by atoms with van der Waals surface area (Å²) in [5.74, 6) is 0.353. The monoisotopic (exact) mass is 461 g/mol. The molecule has 0 radical (unpaired) electrons. The molecular weight excluding hydrogens is 442 g/mol. The molecule has 146 valence electrons. The minimum atomic E-state index is -0.509. The number of benzene rings is 2. The first-order chi connectivity index (χ1) is 13.5. The molecule has 1 fully saturated rings. The Morgan fingerprint density at radius 2 is 1.89 bits per heavy atom. The number of carbonyl (C=O) groups excluding carboxylic acids is 2. The van der Waals surface area contributed by atoms with E-state index in [1.54, 1.807) is 19.2 Å². The van der Waals surface area contributed by atoms with Crippen LogP contribution in [0.4, 0.5) is 11.4 Å². The van der Waals surface area contributed by atoms with Gasteiger partial charge >= 0.3 is 0 Å². The minimum absolute atomic E-state index is 0.142. The van der Waals surface area contributed by atoms with Crippen LogP contribution in [-0.4, -0.2) is 35.9 Å². The maximum Gasteiger partial charge on any atom is 0.247 e. The topological polar surface area (TPSA) is 71.0 Å². The SMILES string of the molecule is CCOc1ccc(NC(=NC)S[C@H]2CC(=O)N(c3ccc(Br)cc3)C2=O)cc1. The van der Waals surface area contributed by atoms with Gasteiger partial charge in [-0.2, -0.15) is 0 Å². The molecule has 3 rings (SSSR count). The van der Waals surface area contributed by atoms with Crippen molar-refractivity contribution in [2.45, 2.75) is 18.6 Å². The molecule has 0 aliphatic carbocycles. The Bertz CT molecular complexity index is 885. The summed E-state index contributed by atoms with van der Waals surface area (Å²) < 4.78 is 6.32. The number of anilines is 2. The number of nitrogens with zero attached hydrogens (tertiary/aromatic N) is 2. The first kappa shape index (κ1) is 20.4. The summed E-state index contributed by atoms with van der Waals surface area (Å²) >= 11 is 4.62. The summed E-state index contributed by atoms with van der Waals surface area (Å²) in [6.45, 7) is 2.54. The second-order valence-electron chi connectivity index (χ2n) is 5.97. The summed E-state index contributed by atoms with van der Waals surface area (Å²) in [5, 5.41) is 3.26. The molecule has 0 saturated carbocycles. The lowest BCUT2D eigenvalue weighted by Crippen LogP contribution is -2.31. The number of imide groups is 1. The lowest BCUT2D eigenvalue weighted by Gasteiger charge is -2.16. The molecular formula is C20H20BrN3O3S. The summed E-state index contributed by atoms with van der Waals surface area (Å²) in [6, 6.07) is 14.6. The van der Waals surface area contributed by atoms with E-state index in [9.17, 15) is 9.59 Å². The maximum atomic E-state index is 12.8. The van der Waals surface area contributed by atoms with E-state index < -0.39 is 5.25 Å². The van der Waals surface area contributed by atoms with Crippen molar-refractivity contribution in [3.63, 3.8) is 0 Å². The van der Waals surface area contributed by atoms with Crippen molar-refractivity contribution >= 4 is 56.0 Å². The zero-order chi connectivity index (χ0) is 20.1. The number of nitrogens with one attached hydrogen (secondary N) is 1. The molecule has 8 heteroatoms. The number of ether oxygens (including phenoxy) is 1. The zero-order valence-electron chi connectivity index (χ0n) is 15.5. The van der Waals surface area contributed by atoms with Crippen molar-refractivity contribution in [3.05, 3.63) is 53.0 Å². The summed E-state index contributed by atoms with van der Waals surface area (Å²) in [4.78, 5) is 30.7. The average Bonchev–Trinajstić information content (AvgIpc) is 2.97. The molecule has 0 spiro atoms. The van der Waals surface area contributed by atoms with Gasteiger partial charge in [0.05, 0.1) is 12.3 Å². The minimum Gasteiger partial charge on any atom is -0.494 e. The number of hydrogen-bond donors (Lipinski definition) is 1. The number of aliphatic imine (C=N–C) groups is 1. The van der Waals surface area contributed by atoms with E-state index in [1.807, 2.05) is 43.3 Å². The van der Waals surface area contributed by atoms with Crippen LogP contribution in [0.3, 0.4) is 0 Å². The molecule has 0 unspecified atom stereocenters. The molecule has 2 amide bonds. The van der Waals surface area contributed by atoms with E-state index in [2.05, 4.69) is 26.2 Å². The smallest absolute Gasteiger partial charge is 0.247 e. The molecule has 1 saturated heterocycles. The van der Waals surface area contributed by atoms with Crippen LogP contribution in [0, 0.1) is 0 Å². The third-order valence-corrected chi connectivity index (χ3v) is 5.75. The van der Waals surface area contributed by atoms with E-state index in [4.69, 9.17) is 4.74 Å². The Labute approximate surface area is 176 Å². The lowest BCUT2D eigenvalue weighted by molar-refractivity contribution is -0.121. The molecule has 6 nitrogen and oxygen atoms in total. The van der Waals surface area contributed by atoms with Crippen molar-refractivity contribution in [2.75, 3.05) is 23.9 Å². The highest BCUT2D eigenvalue weighted by Gasteiger charge is 2.40. The van der Waals surface area contributed by atoms with Crippen molar-refractivity contribution in [3.8, 4) is 5.75 Å². The molecule has 1 heterocycles.